The predicted octanol–water partition coefficient (Wildman–Crippen LogP) is 4.03. The first-order valence-electron chi connectivity index (χ1n) is 7.06. The molecular weight excluding hydrogens is 328 g/mol. The molecule has 0 saturated carbocycles. The van der Waals surface area contributed by atoms with Crippen LogP contribution in [0.3, 0.4) is 0 Å². The van der Waals surface area contributed by atoms with Gasteiger partial charge in [-0.15, -0.1) is 5.10 Å². The number of alkyl halides is 1. The SMILES string of the molecule is CCC(Br)c1cn(Cc2cc(C)nc3ccccc23)nn1. The zero-order valence-corrected chi connectivity index (χ0v) is 13.7. The first kappa shape index (κ1) is 14.2. The Kier molecular flexibility index (Phi) is 4.01. The first-order valence-corrected chi connectivity index (χ1v) is 7.98. The molecule has 0 fully saturated rings. The zero-order chi connectivity index (χ0) is 14.8. The lowest BCUT2D eigenvalue weighted by atomic mass is 10.1. The molecule has 0 amide bonds. The molecule has 2 heterocycles. The van der Waals surface area contributed by atoms with E-state index in [0.717, 1.165) is 23.3 Å². The van der Waals surface area contributed by atoms with E-state index in [1.807, 2.05) is 36.0 Å². The Morgan fingerprint density at radius 3 is 2.90 bits per heavy atom. The predicted molar refractivity (Wildman–Crippen MR) is 87.6 cm³/mol. The van der Waals surface area contributed by atoms with Crippen LogP contribution in [0, 0.1) is 6.92 Å². The van der Waals surface area contributed by atoms with Crippen LogP contribution >= 0.6 is 15.9 Å². The van der Waals surface area contributed by atoms with Gasteiger partial charge in [-0.2, -0.15) is 0 Å². The average molecular weight is 345 g/mol. The van der Waals surface area contributed by atoms with E-state index < -0.39 is 0 Å². The van der Waals surface area contributed by atoms with Crippen molar-refractivity contribution >= 4 is 26.8 Å². The number of hydrogen-bond donors (Lipinski definition) is 0. The van der Waals surface area contributed by atoms with Crippen molar-refractivity contribution in [3.8, 4) is 0 Å². The molecule has 0 aliphatic heterocycles. The molecule has 3 rings (SSSR count). The van der Waals surface area contributed by atoms with Gasteiger partial charge < -0.3 is 0 Å². The number of fused-ring (bicyclic) bond motifs is 1. The van der Waals surface area contributed by atoms with Crippen LogP contribution in [0.2, 0.25) is 0 Å². The Hall–Kier alpha value is -1.75. The van der Waals surface area contributed by atoms with Crippen molar-refractivity contribution in [2.24, 2.45) is 0 Å². The van der Waals surface area contributed by atoms with Crippen LogP contribution in [0.15, 0.2) is 36.5 Å². The highest BCUT2D eigenvalue weighted by Crippen LogP contribution is 2.24. The Labute approximate surface area is 132 Å². The van der Waals surface area contributed by atoms with Gasteiger partial charge in [-0.3, -0.25) is 4.98 Å². The highest BCUT2D eigenvalue weighted by atomic mass is 79.9. The number of nitrogens with zero attached hydrogens (tertiary/aromatic N) is 4. The molecule has 0 bridgehead atoms. The number of pyridine rings is 1. The van der Waals surface area contributed by atoms with Crippen LogP contribution in [-0.2, 0) is 6.54 Å². The molecule has 1 aromatic carbocycles. The molecule has 1 atom stereocenters. The second-order valence-electron chi connectivity index (χ2n) is 5.16. The second-order valence-corrected chi connectivity index (χ2v) is 6.26. The largest absolute Gasteiger partial charge is 0.253 e. The standard InChI is InChI=1S/C16H17BrN4/c1-3-14(17)16-10-21(20-19-16)9-12-8-11(2)18-15-7-5-4-6-13(12)15/h4-8,10,14H,3,9H2,1-2H3. The molecule has 108 valence electrons. The third kappa shape index (κ3) is 2.97. The summed E-state index contributed by atoms with van der Waals surface area (Å²) >= 11 is 3.61. The van der Waals surface area contributed by atoms with Crippen molar-refractivity contribution < 1.29 is 0 Å². The summed E-state index contributed by atoms with van der Waals surface area (Å²) in [5, 5.41) is 9.64. The van der Waals surface area contributed by atoms with Gasteiger partial charge in [-0.25, -0.2) is 4.68 Å². The summed E-state index contributed by atoms with van der Waals surface area (Å²) in [4.78, 5) is 4.84. The highest BCUT2D eigenvalue weighted by Gasteiger charge is 2.11. The molecule has 0 N–H and O–H groups in total. The number of aromatic nitrogens is 4. The van der Waals surface area contributed by atoms with Gasteiger partial charge in [-0.05, 0) is 31.0 Å². The average Bonchev–Trinajstić information content (AvgIpc) is 2.95. The fraction of sp³-hybridized carbons (Fsp3) is 0.312. The van der Waals surface area contributed by atoms with Crippen molar-refractivity contribution in [3.05, 3.63) is 53.5 Å². The summed E-state index contributed by atoms with van der Waals surface area (Å²) in [6, 6.07) is 10.3. The minimum Gasteiger partial charge on any atom is -0.253 e. The zero-order valence-electron chi connectivity index (χ0n) is 12.1. The smallest absolute Gasteiger partial charge is 0.0963 e. The van der Waals surface area contributed by atoms with Gasteiger partial charge >= 0.3 is 0 Å². The molecule has 0 radical (unpaired) electrons. The van der Waals surface area contributed by atoms with E-state index in [-0.39, 0.29) is 4.83 Å². The van der Waals surface area contributed by atoms with Crippen molar-refractivity contribution in [2.45, 2.75) is 31.6 Å². The van der Waals surface area contributed by atoms with E-state index in [1.54, 1.807) is 0 Å². The number of hydrogen-bond acceptors (Lipinski definition) is 3. The van der Waals surface area contributed by atoms with E-state index in [2.05, 4.69) is 50.3 Å². The van der Waals surface area contributed by atoms with Gasteiger partial charge in [0.05, 0.1) is 22.6 Å². The quantitative estimate of drug-likeness (QED) is 0.671. The minimum atomic E-state index is 0.266. The van der Waals surface area contributed by atoms with Crippen molar-refractivity contribution in [1.29, 1.82) is 0 Å². The molecule has 0 aliphatic carbocycles. The summed E-state index contributed by atoms with van der Waals surface area (Å²) in [5.41, 5.74) is 4.25. The molecule has 4 nitrogen and oxygen atoms in total. The lowest BCUT2D eigenvalue weighted by Crippen LogP contribution is -2.02. The van der Waals surface area contributed by atoms with E-state index in [0.29, 0.717) is 6.54 Å². The lowest BCUT2D eigenvalue weighted by molar-refractivity contribution is 0.651. The van der Waals surface area contributed by atoms with Gasteiger partial charge in [0.25, 0.3) is 0 Å². The number of benzene rings is 1. The van der Waals surface area contributed by atoms with Crippen molar-refractivity contribution in [3.63, 3.8) is 0 Å². The topological polar surface area (TPSA) is 43.6 Å². The van der Waals surface area contributed by atoms with Crippen LogP contribution in [0.4, 0.5) is 0 Å². The van der Waals surface area contributed by atoms with Crippen LogP contribution in [-0.4, -0.2) is 20.0 Å². The fourth-order valence-electron chi connectivity index (χ4n) is 2.44. The summed E-state index contributed by atoms with van der Waals surface area (Å²) in [6.45, 7) is 4.85. The molecule has 2 aromatic heterocycles. The Bertz CT molecular complexity index is 766. The Balaban J connectivity index is 1.96. The molecule has 3 aromatic rings. The molecule has 21 heavy (non-hydrogen) atoms. The van der Waals surface area contributed by atoms with Gasteiger partial charge in [0, 0.05) is 17.3 Å². The maximum atomic E-state index is 4.57. The lowest BCUT2D eigenvalue weighted by Gasteiger charge is -2.07. The third-order valence-corrected chi connectivity index (χ3v) is 4.61. The Morgan fingerprint density at radius 2 is 2.10 bits per heavy atom. The Morgan fingerprint density at radius 1 is 1.29 bits per heavy atom. The van der Waals surface area contributed by atoms with E-state index in [1.165, 1.54) is 10.9 Å². The highest BCUT2D eigenvalue weighted by molar-refractivity contribution is 9.09. The van der Waals surface area contributed by atoms with E-state index >= 15 is 0 Å². The molecule has 0 aliphatic rings. The monoisotopic (exact) mass is 344 g/mol. The van der Waals surface area contributed by atoms with Crippen LogP contribution in [0.5, 0.6) is 0 Å². The van der Waals surface area contributed by atoms with Gasteiger partial charge in [0.15, 0.2) is 0 Å². The molecule has 5 heteroatoms. The minimum absolute atomic E-state index is 0.266. The number of aryl methyl sites for hydroxylation is 1. The van der Waals surface area contributed by atoms with Gasteiger partial charge in [0.2, 0.25) is 0 Å². The number of rotatable bonds is 4. The van der Waals surface area contributed by atoms with Crippen LogP contribution < -0.4 is 0 Å². The summed E-state index contributed by atoms with van der Waals surface area (Å²) in [5.74, 6) is 0. The fourth-order valence-corrected chi connectivity index (χ4v) is 2.65. The normalized spacial score (nSPS) is 12.7. The molecule has 0 spiro atoms. The maximum absolute atomic E-state index is 4.57. The third-order valence-electron chi connectivity index (χ3n) is 3.50. The van der Waals surface area contributed by atoms with Crippen molar-refractivity contribution in [2.75, 3.05) is 0 Å². The van der Waals surface area contributed by atoms with Crippen LogP contribution in [0.25, 0.3) is 10.9 Å². The summed E-state index contributed by atoms with van der Waals surface area (Å²) in [7, 11) is 0. The molecule has 0 saturated heterocycles. The van der Waals surface area contributed by atoms with E-state index in [4.69, 9.17) is 0 Å². The van der Waals surface area contributed by atoms with Gasteiger partial charge in [0.1, 0.15) is 0 Å². The molecule has 1 unspecified atom stereocenters. The summed E-state index contributed by atoms with van der Waals surface area (Å²) in [6.07, 6.45) is 3.00. The maximum Gasteiger partial charge on any atom is 0.0963 e. The van der Waals surface area contributed by atoms with E-state index in [9.17, 15) is 0 Å². The number of halogens is 1. The second kappa shape index (κ2) is 5.93. The van der Waals surface area contributed by atoms with Crippen molar-refractivity contribution in [1.82, 2.24) is 20.0 Å². The van der Waals surface area contributed by atoms with Crippen LogP contribution in [0.1, 0.15) is 35.1 Å². The van der Waals surface area contributed by atoms with Gasteiger partial charge in [-0.1, -0.05) is 46.3 Å². The molecular formula is C16H17BrN4. The number of para-hydroxylation sites is 1. The summed E-state index contributed by atoms with van der Waals surface area (Å²) < 4.78 is 1.89. The first-order chi connectivity index (χ1) is 10.2.